The van der Waals surface area contributed by atoms with Gasteiger partial charge in [-0.1, -0.05) is 0 Å². The first-order chi connectivity index (χ1) is 9.90. The highest BCUT2D eigenvalue weighted by atomic mass is 19.4. The van der Waals surface area contributed by atoms with Gasteiger partial charge in [0.15, 0.2) is 5.69 Å². The summed E-state index contributed by atoms with van der Waals surface area (Å²) in [6.45, 7) is 0. The highest BCUT2D eigenvalue weighted by molar-refractivity contribution is 5.89. The largest absolute Gasteiger partial charge is 0.465 e. The molecule has 2 aromatic rings. The fraction of sp³-hybridized carbons (Fsp3) is 0.154. The molecule has 8 heteroatoms. The van der Waals surface area contributed by atoms with Crippen LogP contribution >= 0.6 is 0 Å². The summed E-state index contributed by atoms with van der Waals surface area (Å²) >= 11 is 0. The third-order valence-electron chi connectivity index (χ3n) is 2.41. The van der Waals surface area contributed by atoms with Gasteiger partial charge in [0.2, 0.25) is 0 Å². The molecule has 0 atom stereocenters. The normalized spacial score (nSPS) is 11.0. The topological polar surface area (TPSA) is 61.3 Å². The standard InChI is InChI=1S/C13H9F3N2O3/c1-20-11(19)8-2-4-9(5-3-8)21-12-17-7-6-10(18-12)13(14,15)16/h2-7H,1H3. The average molecular weight is 298 g/mol. The van der Waals surface area contributed by atoms with E-state index in [-0.39, 0.29) is 11.3 Å². The van der Waals surface area contributed by atoms with E-state index in [4.69, 9.17) is 4.74 Å². The van der Waals surface area contributed by atoms with Crippen LogP contribution in [0.5, 0.6) is 11.8 Å². The Balaban J connectivity index is 2.17. The number of esters is 1. The van der Waals surface area contributed by atoms with Gasteiger partial charge in [0.1, 0.15) is 5.75 Å². The molecular weight excluding hydrogens is 289 g/mol. The number of rotatable bonds is 3. The summed E-state index contributed by atoms with van der Waals surface area (Å²) in [6, 6.07) is 5.93. The van der Waals surface area contributed by atoms with Crippen LogP contribution in [0.15, 0.2) is 36.5 Å². The molecule has 0 aliphatic heterocycles. The van der Waals surface area contributed by atoms with Crippen LogP contribution < -0.4 is 4.74 Å². The highest BCUT2D eigenvalue weighted by Gasteiger charge is 2.33. The Bertz CT molecular complexity index is 642. The smallest absolute Gasteiger partial charge is 0.433 e. The number of ether oxygens (including phenoxy) is 2. The van der Waals surface area contributed by atoms with Gasteiger partial charge in [0, 0.05) is 6.20 Å². The number of carbonyl (C=O) groups excluding carboxylic acids is 1. The van der Waals surface area contributed by atoms with Gasteiger partial charge in [-0.2, -0.15) is 18.2 Å². The summed E-state index contributed by atoms with van der Waals surface area (Å²) in [4.78, 5) is 18.1. The van der Waals surface area contributed by atoms with Gasteiger partial charge in [-0.3, -0.25) is 0 Å². The number of benzene rings is 1. The van der Waals surface area contributed by atoms with E-state index in [1.807, 2.05) is 0 Å². The number of methoxy groups -OCH3 is 1. The molecule has 0 aliphatic carbocycles. The van der Waals surface area contributed by atoms with Crippen molar-refractivity contribution in [1.29, 1.82) is 0 Å². The quantitative estimate of drug-likeness (QED) is 0.815. The maximum absolute atomic E-state index is 12.5. The predicted molar refractivity (Wildman–Crippen MR) is 64.9 cm³/mol. The third kappa shape index (κ3) is 3.68. The van der Waals surface area contributed by atoms with Crippen molar-refractivity contribution < 1.29 is 27.4 Å². The number of hydrogen-bond donors (Lipinski definition) is 0. The maximum atomic E-state index is 12.5. The van der Waals surface area contributed by atoms with Crippen LogP contribution in [-0.2, 0) is 10.9 Å². The van der Waals surface area contributed by atoms with E-state index in [0.29, 0.717) is 0 Å². The fourth-order valence-corrected chi connectivity index (χ4v) is 1.43. The summed E-state index contributed by atoms with van der Waals surface area (Å²) in [5.41, 5.74) is -0.812. The Morgan fingerprint density at radius 2 is 1.81 bits per heavy atom. The van der Waals surface area contributed by atoms with Crippen molar-refractivity contribution in [1.82, 2.24) is 9.97 Å². The molecule has 0 spiro atoms. The van der Waals surface area contributed by atoms with Crippen LogP contribution in [0.4, 0.5) is 13.2 Å². The van der Waals surface area contributed by atoms with Crippen molar-refractivity contribution in [3.63, 3.8) is 0 Å². The number of aromatic nitrogens is 2. The van der Waals surface area contributed by atoms with E-state index < -0.39 is 23.8 Å². The Hall–Kier alpha value is -2.64. The second kappa shape index (κ2) is 5.78. The van der Waals surface area contributed by atoms with Crippen LogP contribution in [0.25, 0.3) is 0 Å². The van der Waals surface area contributed by atoms with Gasteiger partial charge in [0.05, 0.1) is 12.7 Å². The van der Waals surface area contributed by atoms with Gasteiger partial charge in [0.25, 0.3) is 0 Å². The van der Waals surface area contributed by atoms with E-state index in [1.165, 1.54) is 31.4 Å². The molecule has 110 valence electrons. The Labute approximate surface area is 117 Å². The zero-order valence-electron chi connectivity index (χ0n) is 10.7. The molecule has 2 rings (SSSR count). The van der Waals surface area contributed by atoms with Gasteiger partial charge in [-0.25, -0.2) is 9.78 Å². The minimum Gasteiger partial charge on any atom is -0.465 e. The minimum absolute atomic E-state index is 0.196. The van der Waals surface area contributed by atoms with E-state index in [1.54, 1.807) is 0 Å². The lowest BCUT2D eigenvalue weighted by Gasteiger charge is -2.08. The summed E-state index contributed by atoms with van der Waals surface area (Å²) in [5, 5.41) is 0. The summed E-state index contributed by atoms with van der Waals surface area (Å²) in [7, 11) is 1.24. The van der Waals surface area contributed by atoms with Crippen LogP contribution in [0.1, 0.15) is 16.1 Å². The van der Waals surface area contributed by atoms with Gasteiger partial charge < -0.3 is 9.47 Å². The number of nitrogens with zero attached hydrogens (tertiary/aromatic N) is 2. The van der Waals surface area contributed by atoms with Crippen LogP contribution in [-0.4, -0.2) is 23.0 Å². The lowest BCUT2D eigenvalue weighted by molar-refractivity contribution is -0.141. The Morgan fingerprint density at radius 3 is 2.38 bits per heavy atom. The second-order valence-corrected chi connectivity index (χ2v) is 3.84. The van der Waals surface area contributed by atoms with Crippen LogP contribution in [0, 0.1) is 0 Å². The zero-order valence-corrected chi connectivity index (χ0v) is 10.7. The van der Waals surface area contributed by atoms with E-state index in [2.05, 4.69) is 14.7 Å². The van der Waals surface area contributed by atoms with Crippen LogP contribution in [0.3, 0.4) is 0 Å². The minimum atomic E-state index is -4.57. The predicted octanol–water partition coefficient (Wildman–Crippen LogP) is 3.07. The van der Waals surface area contributed by atoms with Gasteiger partial charge >= 0.3 is 18.2 Å². The molecule has 0 fully saturated rings. The third-order valence-corrected chi connectivity index (χ3v) is 2.41. The molecule has 5 nitrogen and oxygen atoms in total. The fourth-order valence-electron chi connectivity index (χ4n) is 1.43. The molecule has 1 aromatic carbocycles. The van der Waals surface area contributed by atoms with E-state index >= 15 is 0 Å². The molecule has 0 bridgehead atoms. The first kappa shape index (κ1) is 14.8. The lowest BCUT2D eigenvalue weighted by atomic mass is 10.2. The SMILES string of the molecule is COC(=O)c1ccc(Oc2nccc(C(F)(F)F)n2)cc1. The van der Waals surface area contributed by atoms with E-state index in [9.17, 15) is 18.0 Å². The van der Waals surface area contributed by atoms with Crippen molar-refractivity contribution in [2.75, 3.05) is 7.11 Å². The molecule has 1 heterocycles. The summed E-state index contributed by atoms with van der Waals surface area (Å²) < 4.78 is 47.1. The highest BCUT2D eigenvalue weighted by Crippen LogP contribution is 2.28. The number of alkyl halides is 3. The van der Waals surface area contributed by atoms with Crippen molar-refractivity contribution in [2.45, 2.75) is 6.18 Å². The van der Waals surface area contributed by atoms with Crippen molar-refractivity contribution in [3.8, 4) is 11.8 Å². The Kier molecular flexibility index (Phi) is 4.06. The molecule has 1 aromatic heterocycles. The number of carbonyl (C=O) groups is 1. The molecule has 0 aliphatic rings. The first-order valence-corrected chi connectivity index (χ1v) is 5.66. The van der Waals surface area contributed by atoms with Gasteiger partial charge in [-0.05, 0) is 30.3 Å². The molecule has 0 saturated carbocycles. The molecule has 0 saturated heterocycles. The molecule has 0 N–H and O–H groups in total. The first-order valence-electron chi connectivity index (χ1n) is 5.66. The summed E-state index contributed by atoms with van der Waals surface area (Å²) in [6.07, 6.45) is -3.62. The second-order valence-electron chi connectivity index (χ2n) is 3.84. The van der Waals surface area contributed by atoms with E-state index in [0.717, 1.165) is 12.3 Å². The average Bonchev–Trinajstić information content (AvgIpc) is 2.47. The monoisotopic (exact) mass is 298 g/mol. The number of halogens is 3. The van der Waals surface area contributed by atoms with Crippen LogP contribution in [0.2, 0.25) is 0 Å². The molecule has 0 amide bonds. The Morgan fingerprint density at radius 1 is 1.14 bits per heavy atom. The molecule has 0 unspecified atom stereocenters. The zero-order chi connectivity index (χ0) is 15.5. The van der Waals surface area contributed by atoms with Crippen molar-refractivity contribution in [2.24, 2.45) is 0 Å². The summed E-state index contributed by atoms with van der Waals surface area (Å²) in [5.74, 6) is -0.334. The number of hydrogen-bond acceptors (Lipinski definition) is 5. The molecular formula is C13H9F3N2O3. The lowest BCUT2D eigenvalue weighted by Crippen LogP contribution is -2.08. The molecule has 21 heavy (non-hydrogen) atoms. The maximum Gasteiger partial charge on any atom is 0.433 e. The van der Waals surface area contributed by atoms with Crippen molar-refractivity contribution >= 4 is 5.97 Å². The van der Waals surface area contributed by atoms with Gasteiger partial charge in [-0.15, -0.1) is 0 Å². The molecule has 0 radical (unpaired) electrons. The van der Waals surface area contributed by atoms with Crippen molar-refractivity contribution in [3.05, 3.63) is 47.8 Å².